The number of nitrogens with one attached hydrogen (secondary N) is 1. The number of aryl methyl sites for hydroxylation is 1. The second-order valence-corrected chi connectivity index (χ2v) is 9.71. The van der Waals surface area contributed by atoms with Gasteiger partial charge in [-0.05, 0) is 25.5 Å². The molecule has 178 valence electrons. The van der Waals surface area contributed by atoms with Crippen molar-refractivity contribution >= 4 is 38.5 Å². The highest BCUT2D eigenvalue weighted by Crippen LogP contribution is 2.33. The minimum Gasteiger partial charge on any atom is -0.491 e. The summed E-state index contributed by atoms with van der Waals surface area (Å²) in [6, 6.07) is 5.84. The lowest BCUT2D eigenvalue weighted by molar-refractivity contribution is -0.0474. The molecule has 0 aliphatic carbocycles. The highest BCUT2D eigenvalue weighted by Gasteiger charge is 2.44. The van der Waals surface area contributed by atoms with Crippen molar-refractivity contribution in [2.45, 2.75) is 43.9 Å². The van der Waals surface area contributed by atoms with Gasteiger partial charge in [0.15, 0.2) is 23.2 Å². The molecule has 3 aromatic heterocycles. The average molecular weight is 485 g/mol. The molecule has 2 aliphatic heterocycles. The monoisotopic (exact) mass is 484 g/mol. The van der Waals surface area contributed by atoms with Crippen LogP contribution in [0.1, 0.15) is 17.7 Å². The van der Waals surface area contributed by atoms with E-state index < -0.39 is 24.5 Å². The second kappa shape index (κ2) is 8.71. The highest BCUT2D eigenvalue weighted by molar-refractivity contribution is 7.18. The van der Waals surface area contributed by atoms with Gasteiger partial charge in [0.1, 0.15) is 37.0 Å². The number of aliphatic hydroxyl groups is 2. The standard InChI is InChI=1S/C22H24N6O5S/c1-11-26-14-6-13(2-3-16(14)34-11)32-8-15-18(29)19(30)22(33-15)28-10-25-17-20(23-9-24-21(17)28)27-12-4-5-31-7-12/h2-3,6,9-10,12,15,18-19,22,29-30H,4-5,7-8H2,1H3,(H,23,24,27)/t12?,15-,18+,19+,22-/m1/s1. The van der Waals surface area contributed by atoms with Crippen molar-refractivity contribution in [3.63, 3.8) is 0 Å². The summed E-state index contributed by atoms with van der Waals surface area (Å²) in [6.45, 7) is 3.35. The zero-order valence-electron chi connectivity index (χ0n) is 18.4. The van der Waals surface area contributed by atoms with Gasteiger partial charge in [-0.25, -0.2) is 19.9 Å². The molecule has 0 radical (unpaired) electrons. The van der Waals surface area contributed by atoms with E-state index in [0.717, 1.165) is 21.6 Å². The normalized spacial score (nSPS) is 27.1. The third-order valence-electron chi connectivity index (χ3n) is 6.12. The Bertz CT molecular complexity index is 1320. The topological polar surface area (TPSA) is 137 Å². The van der Waals surface area contributed by atoms with Gasteiger partial charge in [-0.15, -0.1) is 11.3 Å². The lowest BCUT2D eigenvalue weighted by Gasteiger charge is -2.17. The lowest BCUT2D eigenvalue weighted by atomic mass is 10.1. The van der Waals surface area contributed by atoms with Crippen molar-refractivity contribution in [3.8, 4) is 5.75 Å². The fourth-order valence-electron chi connectivity index (χ4n) is 4.37. The van der Waals surface area contributed by atoms with Crippen molar-refractivity contribution in [1.29, 1.82) is 0 Å². The summed E-state index contributed by atoms with van der Waals surface area (Å²) in [5, 5.41) is 25.7. The van der Waals surface area contributed by atoms with Gasteiger partial charge in [-0.2, -0.15) is 0 Å². The summed E-state index contributed by atoms with van der Waals surface area (Å²) in [4.78, 5) is 17.6. The molecule has 2 fully saturated rings. The van der Waals surface area contributed by atoms with Crippen LogP contribution in [-0.2, 0) is 9.47 Å². The number of imidazole rings is 1. The molecule has 0 amide bonds. The van der Waals surface area contributed by atoms with Gasteiger partial charge < -0.3 is 29.7 Å². The van der Waals surface area contributed by atoms with Crippen molar-refractivity contribution in [3.05, 3.63) is 35.9 Å². The Morgan fingerprint density at radius 3 is 3.00 bits per heavy atom. The van der Waals surface area contributed by atoms with Crippen molar-refractivity contribution in [2.24, 2.45) is 0 Å². The maximum absolute atomic E-state index is 10.7. The van der Waals surface area contributed by atoms with Crippen molar-refractivity contribution in [2.75, 3.05) is 25.1 Å². The molecule has 2 aliphatic rings. The third-order valence-corrected chi connectivity index (χ3v) is 7.07. The fourth-order valence-corrected chi connectivity index (χ4v) is 5.18. The molecule has 5 atom stereocenters. The Kier molecular flexibility index (Phi) is 5.54. The predicted octanol–water partition coefficient (Wildman–Crippen LogP) is 1.64. The van der Waals surface area contributed by atoms with Gasteiger partial charge in [-0.1, -0.05) is 0 Å². The summed E-state index contributed by atoms with van der Waals surface area (Å²) in [5.41, 5.74) is 1.92. The van der Waals surface area contributed by atoms with E-state index in [0.29, 0.717) is 35.9 Å². The van der Waals surface area contributed by atoms with Gasteiger partial charge in [0.05, 0.1) is 34.2 Å². The maximum Gasteiger partial charge on any atom is 0.167 e. The van der Waals surface area contributed by atoms with Crippen LogP contribution in [0.15, 0.2) is 30.9 Å². The van der Waals surface area contributed by atoms with E-state index in [4.69, 9.17) is 14.2 Å². The number of rotatable bonds is 6. The van der Waals surface area contributed by atoms with Crippen LogP contribution in [0.3, 0.4) is 0 Å². The quantitative estimate of drug-likeness (QED) is 0.370. The summed E-state index contributed by atoms with van der Waals surface area (Å²) >= 11 is 1.62. The first-order chi connectivity index (χ1) is 16.6. The van der Waals surface area contributed by atoms with Gasteiger partial charge in [-0.3, -0.25) is 4.57 Å². The summed E-state index contributed by atoms with van der Waals surface area (Å²) in [7, 11) is 0. The van der Waals surface area contributed by atoms with Gasteiger partial charge in [0, 0.05) is 12.7 Å². The van der Waals surface area contributed by atoms with Crippen LogP contribution in [0.5, 0.6) is 5.75 Å². The van der Waals surface area contributed by atoms with E-state index in [9.17, 15) is 10.2 Å². The molecule has 3 N–H and O–H groups in total. The summed E-state index contributed by atoms with van der Waals surface area (Å²) in [5.74, 6) is 1.22. The number of aliphatic hydroxyl groups excluding tert-OH is 2. The van der Waals surface area contributed by atoms with Gasteiger partial charge in [0.25, 0.3) is 0 Å². The molecule has 1 aromatic carbocycles. The second-order valence-electron chi connectivity index (χ2n) is 8.47. The molecule has 1 unspecified atom stereocenters. The molecule has 11 nitrogen and oxygen atoms in total. The molecule has 0 spiro atoms. The van der Waals surface area contributed by atoms with Crippen LogP contribution in [0.25, 0.3) is 21.4 Å². The van der Waals surface area contributed by atoms with E-state index in [2.05, 4.69) is 25.3 Å². The number of anilines is 1. The third kappa shape index (κ3) is 3.87. The molecule has 2 saturated heterocycles. The van der Waals surface area contributed by atoms with Crippen molar-refractivity contribution < 1.29 is 24.4 Å². The van der Waals surface area contributed by atoms with Gasteiger partial charge in [0.2, 0.25) is 0 Å². The van der Waals surface area contributed by atoms with Crippen molar-refractivity contribution in [1.82, 2.24) is 24.5 Å². The zero-order valence-corrected chi connectivity index (χ0v) is 19.2. The van der Waals surface area contributed by atoms with Crippen LogP contribution in [0.4, 0.5) is 5.82 Å². The largest absolute Gasteiger partial charge is 0.491 e. The zero-order chi connectivity index (χ0) is 23.2. The molecule has 5 heterocycles. The number of hydrogen-bond acceptors (Lipinski definition) is 11. The number of nitrogens with zero attached hydrogens (tertiary/aromatic N) is 5. The Morgan fingerprint density at radius 1 is 1.24 bits per heavy atom. The molecule has 0 saturated carbocycles. The van der Waals surface area contributed by atoms with Crippen LogP contribution in [-0.4, -0.2) is 78.9 Å². The lowest BCUT2D eigenvalue weighted by Crippen LogP contribution is -2.34. The fraction of sp³-hybridized carbons (Fsp3) is 0.455. The number of aromatic nitrogens is 5. The van der Waals surface area contributed by atoms with E-state index in [-0.39, 0.29) is 12.6 Å². The Balaban J connectivity index is 1.19. The van der Waals surface area contributed by atoms with E-state index >= 15 is 0 Å². The molecular weight excluding hydrogens is 460 g/mol. The van der Waals surface area contributed by atoms with Crippen LogP contribution in [0, 0.1) is 6.92 Å². The number of ether oxygens (including phenoxy) is 3. The SMILES string of the molecule is Cc1nc2cc(OC[C@H]3O[C@@H](n4cnc5c(NC6CCOC6)ncnc54)[C@@H](O)[C@H]3O)ccc2s1. The first-order valence-electron chi connectivity index (χ1n) is 11.1. The molecular formula is C22H24N6O5S. The highest BCUT2D eigenvalue weighted by atomic mass is 32.1. The number of hydrogen-bond donors (Lipinski definition) is 3. The molecule has 6 rings (SSSR count). The molecule has 34 heavy (non-hydrogen) atoms. The average Bonchev–Trinajstić information content (AvgIpc) is 3.61. The smallest absolute Gasteiger partial charge is 0.167 e. The Morgan fingerprint density at radius 2 is 2.15 bits per heavy atom. The summed E-state index contributed by atoms with van der Waals surface area (Å²) < 4.78 is 20.0. The summed E-state index contributed by atoms with van der Waals surface area (Å²) in [6.07, 6.45) is -0.0486. The number of fused-ring (bicyclic) bond motifs is 2. The molecule has 4 aromatic rings. The van der Waals surface area contributed by atoms with Crippen LogP contribution in [0.2, 0.25) is 0 Å². The molecule has 12 heteroatoms. The Hall–Kier alpha value is -2.90. The van der Waals surface area contributed by atoms with E-state index in [1.54, 1.807) is 15.9 Å². The molecule has 0 bridgehead atoms. The first kappa shape index (κ1) is 21.6. The first-order valence-corrected chi connectivity index (χ1v) is 11.9. The van der Waals surface area contributed by atoms with E-state index in [1.165, 1.54) is 12.7 Å². The Labute approximate surface area is 198 Å². The van der Waals surface area contributed by atoms with Gasteiger partial charge >= 0.3 is 0 Å². The number of benzene rings is 1. The minimum atomic E-state index is -1.18. The maximum atomic E-state index is 10.7. The van der Waals surface area contributed by atoms with Crippen LogP contribution < -0.4 is 10.1 Å². The predicted molar refractivity (Wildman–Crippen MR) is 124 cm³/mol. The minimum absolute atomic E-state index is 0.0689. The van der Waals surface area contributed by atoms with Crippen LogP contribution >= 0.6 is 11.3 Å². The number of thiazole rings is 1. The van der Waals surface area contributed by atoms with E-state index in [1.807, 2.05) is 25.1 Å².